The molecule has 0 bridgehead atoms. The Morgan fingerprint density at radius 2 is 2.05 bits per heavy atom. The fraction of sp³-hybridized carbons (Fsp3) is 0.500. The normalized spacial score (nSPS) is 16.1. The lowest BCUT2D eigenvalue weighted by Crippen LogP contribution is -2.48. The molecule has 1 aromatic rings. The Labute approximate surface area is 117 Å². The molecule has 2 amide bonds. The van der Waals surface area contributed by atoms with Crippen LogP contribution in [-0.2, 0) is 4.79 Å². The minimum atomic E-state index is -0.836. The summed E-state index contributed by atoms with van der Waals surface area (Å²) in [5.74, 6) is -0.836. The molecule has 0 atom stereocenters. The highest BCUT2D eigenvalue weighted by Crippen LogP contribution is 2.40. The molecule has 0 spiro atoms. The van der Waals surface area contributed by atoms with Crippen LogP contribution < -0.4 is 10.6 Å². The number of carboxylic acids is 1. The van der Waals surface area contributed by atoms with Gasteiger partial charge in [0.15, 0.2) is 0 Å². The second kappa shape index (κ2) is 5.48. The highest BCUT2D eigenvalue weighted by molar-refractivity contribution is 5.90. The van der Waals surface area contributed by atoms with Crippen LogP contribution in [0.4, 0.5) is 10.5 Å². The Morgan fingerprint density at radius 1 is 1.35 bits per heavy atom. The van der Waals surface area contributed by atoms with Gasteiger partial charge in [0.25, 0.3) is 0 Å². The van der Waals surface area contributed by atoms with E-state index in [1.807, 2.05) is 19.9 Å². The summed E-state index contributed by atoms with van der Waals surface area (Å²) < 4.78 is 0. The van der Waals surface area contributed by atoms with E-state index in [1.54, 1.807) is 6.07 Å². The van der Waals surface area contributed by atoms with E-state index in [-0.39, 0.29) is 6.54 Å². The van der Waals surface area contributed by atoms with E-state index in [0.29, 0.717) is 18.5 Å². The molecule has 0 radical (unpaired) electrons. The summed E-state index contributed by atoms with van der Waals surface area (Å²) in [6.07, 6.45) is 2.14. The van der Waals surface area contributed by atoms with E-state index in [2.05, 4.69) is 15.6 Å². The van der Waals surface area contributed by atoms with Crippen molar-refractivity contribution in [3.05, 3.63) is 23.5 Å². The van der Waals surface area contributed by atoms with Crippen molar-refractivity contribution in [2.75, 3.05) is 11.9 Å². The molecule has 0 saturated heterocycles. The highest BCUT2D eigenvalue weighted by atomic mass is 16.4. The third-order valence-corrected chi connectivity index (χ3v) is 3.82. The third-order valence-electron chi connectivity index (χ3n) is 3.82. The maximum Gasteiger partial charge on any atom is 0.319 e. The molecule has 108 valence electrons. The Hall–Kier alpha value is -2.11. The average molecular weight is 277 g/mol. The average Bonchev–Trinajstić information content (AvgIpc) is 2.31. The van der Waals surface area contributed by atoms with Crippen molar-refractivity contribution >= 4 is 17.7 Å². The first-order valence-electron chi connectivity index (χ1n) is 6.65. The Kier molecular flexibility index (Phi) is 3.92. The molecule has 0 unspecified atom stereocenters. The number of rotatable bonds is 4. The predicted molar refractivity (Wildman–Crippen MR) is 74.7 cm³/mol. The molecule has 2 rings (SSSR count). The molecule has 3 N–H and O–H groups in total. The van der Waals surface area contributed by atoms with Crippen LogP contribution in [0, 0.1) is 19.3 Å². The van der Waals surface area contributed by atoms with Crippen molar-refractivity contribution in [3.63, 3.8) is 0 Å². The van der Waals surface area contributed by atoms with Gasteiger partial charge in [-0.3, -0.25) is 9.78 Å². The Morgan fingerprint density at radius 3 is 2.55 bits per heavy atom. The van der Waals surface area contributed by atoms with Crippen molar-refractivity contribution in [1.29, 1.82) is 0 Å². The van der Waals surface area contributed by atoms with Crippen LogP contribution >= 0.6 is 0 Å². The van der Waals surface area contributed by atoms with Crippen molar-refractivity contribution < 1.29 is 14.7 Å². The first-order chi connectivity index (χ1) is 9.43. The van der Waals surface area contributed by atoms with Gasteiger partial charge in [0.1, 0.15) is 0 Å². The van der Waals surface area contributed by atoms with Crippen LogP contribution in [0.3, 0.4) is 0 Å². The summed E-state index contributed by atoms with van der Waals surface area (Å²) in [5, 5.41) is 14.5. The summed E-state index contributed by atoms with van der Waals surface area (Å²) >= 11 is 0. The first-order valence-corrected chi connectivity index (χ1v) is 6.65. The molecule has 1 heterocycles. The Balaban J connectivity index is 1.91. The molecular weight excluding hydrogens is 258 g/mol. The lowest BCUT2D eigenvalue weighted by Gasteiger charge is -2.37. The molecule has 1 aromatic heterocycles. The number of aromatic nitrogens is 1. The van der Waals surface area contributed by atoms with Crippen LogP contribution in [-0.4, -0.2) is 28.6 Å². The monoisotopic (exact) mass is 277 g/mol. The third kappa shape index (κ3) is 2.89. The van der Waals surface area contributed by atoms with E-state index in [0.717, 1.165) is 17.8 Å². The molecule has 6 heteroatoms. The summed E-state index contributed by atoms with van der Waals surface area (Å²) in [7, 11) is 0. The second-order valence-electron chi connectivity index (χ2n) is 5.33. The summed E-state index contributed by atoms with van der Waals surface area (Å²) in [5.41, 5.74) is 1.47. The van der Waals surface area contributed by atoms with Gasteiger partial charge < -0.3 is 15.7 Å². The zero-order valence-corrected chi connectivity index (χ0v) is 11.7. The van der Waals surface area contributed by atoms with Gasteiger partial charge in [0.05, 0.1) is 16.8 Å². The van der Waals surface area contributed by atoms with Crippen molar-refractivity contribution in [2.45, 2.75) is 33.1 Å². The largest absolute Gasteiger partial charge is 0.481 e. The van der Waals surface area contributed by atoms with Gasteiger partial charge in [0.2, 0.25) is 0 Å². The molecular formula is C14H19N3O3. The first kappa shape index (κ1) is 14.3. The predicted octanol–water partition coefficient (Wildman–Crippen LogP) is 2.07. The minimum absolute atomic E-state index is 0.159. The van der Waals surface area contributed by atoms with Gasteiger partial charge >= 0.3 is 12.0 Å². The number of hydrogen-bond donors (Lipinski definition) is 3. The second-order valence-corrected chi connectivity index (χ2v) is 5.33. The van der Waals surface area contributed by atoms with Gasteiger partial charge in [-0.2, -0.15) is 0 Å². The number of anilines is 1. The maximum absolute atomic E-state index is 11.8. The number of nitrogens with one attached hydrogen (secondary N) is 2. The van der Waals surface area contributed by atoms with Gasteiger partial charge in [-0.1, -0.05) is 6.42 Å². The van der Waals surface area contributed by atoms with Crippen molar-refractivity contribution in [1.82, 2.24) is 10.3 Å². The van der Waals surface area contributed by atoms with Crippen molar-refractivity contribution in [2.24, 2.45) is 5.41 Å². The summed E-state index contributed by atoms with van der Waals surface area (Å²) in [6.45, 7) is 3.85. The van der Waals surface area contributed by atoms with Gasteiger partial charge in [0, 0.05) is 12.2 Å². The molecule has 1 saturated carbocycles. The maximum atomic E-state index is 11.8. The van der Waals surface area contributed by atoms with E-state index < -0.39 is 17.4 Å². The molecule has 6 nitrogen and oxygen atoms in total. The summed E-state index contributed by atoms with van der Waals surface area (Å²) in [4.78, 5) is 27.3. The standard InChI is InChI=1S/C14H19N3O3/c1-9-4-5-11(10(2)16-9)17-13(20)15-8-14(12(18)19)6-3-7-14/h4-5H,3,6-8H2,1-2H3,(H,18,19)(H2,15,17,20). The number of hydrogen-bond acceptors (Lipinski definition) is 3. The van der Waals surface area contributed by atoms with Crippen LogP contribution in [0.25, 0.3) is 0 Å². The van der Waals surface area contributed by atoms with Crippen LogP contribution in [0.1, 0.15) is 30.7 Å². The molecule has 0 aliphatic heterocycles. The number of carbonyl (C=O) groups excluding carboxylic acids is 1. The molecule has 1 fully saturated rings. The quantitative estimate of drug-likeness (QED) is 0.785. The summed E-state index contributed by atoms with van der Waals surface area (Å²) in [6, 6.07) is 3.20. The van der Waals surface area contributed by atoms with Crippen LogP contribution in [0.2, 0.25) is 0 Å². The number of carbonyl (C=O) groups is 2. The fourth-order valence-corrected chi connectivity index (χ4v) is 2.30. The van der Waals surface area contributed by atoms with Crippen LogP contribution in [0.15, 0.2) is 12.1 Å². The highest BCUT2D eigenvalue weighted by Gasteiger charge is 2.44. The van der Waals surface area contributed by atoms with E-state index in [9.17, 15) is 14.7 Å². The number of pyridine rings is 1. The van der Waals surface area contributed by atoms with E-state index in [1.165, 1.54) is 0 Å². The van der Waals surface area contributed by atoms with E-state index >= 15 is 0 Å². The SMILES string of the molecule is Cc1ccc(NC(=O)NCC2(C(=O)O)CCC2)c(C)n1. The zero-order valence-electron chi connectivity index (χ0n) is 11.7. The number of urea groups is 1. The topological polar surface area (TPSA) is 91.3 Å². The van der Waals surface area contributed by atoms with Crippen LogP contribution in [0.5, 0.6) is 0 Å². The smallest absolute Gasteiger partial charge is 0.319 e. The fourth-order valence-electron chi connectivity index (χ4n) is 2.30. The van der Waals surface area contributed by atoms with Gasteiger partial charge in [-0.25, -0.2) is 4.79 Å². The van der Waals surface area contributed by atoms with Gasteiger partial charge in [-0.15, -0.1) is 0 Å². The Bertz CT molecular complexity index is 538. The lowest BCUT2D eigenvalue weighted by molar-refractivity contribution is -0.153. The number of carboxylic acid groups (broad SMARTS) is 1. The number of aryl methyl sites for hydroxylation is 2. The van der Waals surface area contributed by atoms with E-state index in [4.69, 9.17) is 0 Å². The lowest BCUT2D eigenvalue weighted by atomic mass is 9.69. The number of amides is 2. The molecule has 1 aliphatic carbocycles. The molecule has 20 heavy (non-hydrogen) atoms. The van der Waals surface area contributed by atoms with Crippen molar-refractivity contribution in [3.8, 4) is 0 Å². The minimum Gasteiger partial charge on any atom is -0.481 e. The molecule has 1 aliphatic rings. The number of aliphatic carboxylic acids is 1. The van der Waals surface area contributed by atoms with Gasteiger partial charge in [-0.05, 0) is 38.8 Å². The molecule has 0 aromatic carbocycles. The zero-order chi connectivity index (χ0) is 14.8. The number of nitrogens with zero attached hydrogens (tertiary/aromatic N) is 1.